The van der Waals surface area contributed by atoms with Gasteiger partial charge in [-0.25, -0.2) is 0 Å². The molecule has 2 heteroatoms. The summed E-state index contributed by atoms with van der Waals surface area (Å²) in [4.78, 5) is 0. The molecule has 0 aromatic heterocycles. The van der Waals surface area contributed by atoms with Gasteiger partial charge in [0, 0.05) is 0 Å². The number of rotatable bonds is 3. The second-order valence-corrected chi connectivity index (χ2v) is 13.5. The molecule has 1 rings (SSSR count). The molecule has 0 atom stereocenters. The zero-order chi connectivity index (χ0) is 10.8. The predicted octanol–water partition coefficient (Wildman–Crippen LogP) is 3.93. The van der Waals surface area contributed by atoms with Crippen molar-refractivity contribution in [3.8, 4) is 5.75 Å². The molecule has 1 aromatic rings. The summed E-state index contributed by atoms with van der Waals surface area (Å²) in [6.07, 6.45) is 0. The second kappa shape index (κ2) is 9.38. The molecule has 0 saturated carbocycles. The Bertz CT molecular complexity index is 201. The summed E-state index contributed by atoms with van der Waals surface area (Å²) in [5.74, 6) is 0.322. The molecule has 79 valence electrons. The van der Waals surface area contributed by atoms with Crippen molar-refractivity contribution in [2.24, 2.45) is 0 Å². The second-order valence-electron chi connectivity index (χ2n) is 3.15. The van der Waals surface area contributed by atoms with Crippen molar-refractivity contribution >= 4 is 19.8 Å². The fourth-order valence-corrected chi connectivity index (χ4v) is 5.46. The van der Waals surface area contributed by atoms with Gasteiger partial charge in [-0.15, -0.1) is 0 Å². The van der Waals surface area contributed by atoms with Crippen molar-refractivity contribution in [2.75, 3.05) is 0 Å². The van der Waals surface area contributed by atoms with Crippen molar-refractivity contribution < 1.29 is 5.11 Å². The van der Waals surface area contributed by atoms with Gasteiger partial charge in [0.05, 0.1) is 0 Å². The molecule has 0 saturated heterocycles. The van der Waals surface area contributed by atoms with Crippen LogP contribution < -0.4 is 0 Å². The minimum atomic E-state index is -0.653. The van der Waals surface area contributed by atoms with Crippen LogP contribution in [0.3, 0.4) is 0 Å². The Morgan fingerprint density at radius 2 is 1.36 bits per heavy atom. The Labute approximate surface area is 94.9 Å². The Morgan fingerprint density at radius 3 is 1.50 bits per heavy atom. The molecule has 0 amide bonds. The van der Waals surface area contributed by atoms with E-state index in [1.54, 1.807) is 37.6 Å². The van der Waals surface area contributed by atoms with Gasteiger partial charge in [-0.05, 0) is 12.1 Å². The van der Waals surface area contributed by atoms with E-state index < -0.39 is 19.8 Å². The molecule has 0 fully saturated rings. The summed E-state index contributed by atoms with van der Waals surface area (Å²) < 4.78 is 4.65. The molecule has 1 aromatic carbocycles. The van der Waals surface area contributed by atoms with Crippen LogP contribution >= 0.6 is 0 Å². The third-order valence-electron chi connectivity index (χ3n) is 2.26. The van der Waals surface area contributed by atoms with Gasteiger partial charge in [0.25, 0.3) is 0 Å². The van der Waals surface area contributed by atoms with Gasteiger partial charge >= 0.3 is 53.8 Å². The van der Waals surface area contributed by atoms with E-state index in [0.717, 1.165) is 0 Å². The van der Waals surface area contributed by atoms with Crippen LogP contribution in [0, 0.1) is 0 Å². The molecule has 1 nitrogen and oxygen atoms in total. The fraction of sp³-hybridized carbons (Fsp3) is 0.500. The van der Waals surface area contributed by atoms with Crippen LogP contribution in [-0.2, 0) is 0 Å². The molecule has 0 bridgehead atoms. The maximum absolute atomic E-state index is 8.63. The van der Waals surface area contributed by atoms with Crippen LogP contribution in [-0.4, -0.2) is 24.9 Å². The van der Waals surface area contributed by atoms with Crippen molar-refractivity contribution in [2.45, 2.75) is 34.1 Å². The number of hydrogen-bond acceptors (Lipinski definition) is 1. The number of phenolic OH excluding ortho intramolecular Hbond substituents is 1. The summed E-state index contributed by atoms with van der Waals surface area (Å²) in [6, 6.07) is 8.71. The third-order valence-corrected chi connectivity index (χ3v) is 10.8. The number of aromatic hydroxyl groups is 1. The van der Waals surface area contributed by atoms with Crippen molar-refractivity contribution in [3.05, 3.63) is 30.3 Å². The van der Waals surface area contributed by atoms with Crippen LogP contribution in [0.15, 0.2) is 30.3 Å². The molecular formula is C12H21OSn. The fourth-order valence-electron chi connectivity index (χ4n) is 1.18. The summed E-state index contributed by atoms with van der Waals surface area (Å²) in [6.45, 7) is 7.05. The smallest absolute Gasteiger partial charge is 0.115 e. The molecule has 14 heavy (non-hydrogen) atoms. The average molecular weight is 300 g/mol. The van der Waals surface area contributed by atoms with E-state index in [-0.39, 0.29) is 0 Å². The van der Waals surface area contributed by atoms with Crippen molar-refractivity contribution in [1.82, 2.24) is 0 Å². The van der Waals surface area contributed by atoms with Crippen LogP contribution in [0.5, 0.6) is 5.75 Å². The van der Waals surface area contributed by atoms with E-state index in [0.29, 0.717) is 5.75 Å². The Kier molecular flexibility index (Phi) is 9.26. The normalized spacial score (nSPS) is 9.43. The molecule has 1 N–H and O–H groups in total. The van der Waals surface area contributed by atoms with Crippen molar-refractivity contribution in [3.63, 3.8) is 0 Å². The van der Waals surface area contributed by atoms with Gasteiger partial charge in [-0.2, -0.15) is 0 Å². The van der Waals surface area contributed by atoms with E-state index in [1.807, 2.05) is 6.07 Å². The quantitative estimate of drug-likeness (QED) is 0.839. The monoisotopic (exact) mass is 301 g/mol. The average Bonchev–Trinajstić information content (AvgIpc) is 2.22. The SMILES string of the molecule is C[CH2][Sn]([CH2]C)[CH2]C.Oc1ccccc1. The topological polar surface area (TPSA) is 20.2 Å². The molecule has 0 aliphatic heterocycles. The van der Waals surface area contributed by atoms with E-state index in [1.165, 1.54) is 0 Å². The van der Waals surface area contributed by atoms with Crippen LogP contribution in [0.2, 0.25) is 13.3 Å². The Balaban J connectivity index is 0.000000241. The molecule has 1 radical (unpaired) electrons. The third kappa shape index (κ3) is 7.24. The summed E-state index contributed by atoms with van der Waals surface area (Å²) in [7, 11) is 0. The van der Waals surface area contributed by atoms with E-state index in [4.69, 9.17) is 5.11 Å². The summed E-state index contributed by atoms with van der Waals surface area (Å²) >= 11 is -0.653. The van der Waals surface area contributed by atoms with Crippen molar-refractivity contribution in [1.29, 1.82) is 0 Å². The van der Waals surface area contributed by atoms with Gasteiger partial charge in [0.1, 0.15) is 5.75 Å². The maximum Gasteiger partial charge on any atom is 0.115 e. The number of phenols is 1. The number of para-hydroxylation sites is 1. The molecule has 0 spiro atoms. The molecule has 0 aliphatic rings. The first-order valence-electron chi connectivity index (χ1n) is 5.32. The standard InChI is InChI=1S/C6H6O.3C2H5.Sn/c7-6-4-2-1-3-5-6;3*1-2;/h1-5,7H;3*1H2,2H3;. The Hall–Kier alpha value is -0.181. The van der Waals surface area contributed by atoms with E-state index in [2.05, 4.69) is 20.8 Å². The Morgan fingerprint density at radius 1 is 0.929 bits per heavy atom. The molecule has 0 aliphatic carbocycles. The zero-order valence-electron chi connectivity index (χ0n) is 9.46. The minimum Gasteiger partial charge on any atom is -0.508 e. The molecular weight excluding hydrogens is 279 g/mol. The zero-order valence-corrected chi connectivity index (χ0v) is 12.3. The van der Waals surface area contributed by atoms with E-state index >= 15 is 0 Å². The van der Waals surface area contributed by atoms with Crippen LogP contribution in [0.4, 0.5) is 0 Å². The minimum absolute atomic E-state index is 0.322. The first-order chi connectivity index (χ1) is 6.74. The maximum atomic E-state index is 8.63. The summed E-state index contributed by atoms with van der Waals surface area (Å²) in [5.41, 5.74) is 0. The largest absolute Gasteiger partial charge is 0.508 e. The van der Waals surface area contributed by atoms with Gasteiger partial charge < -0.3 is 5.11 Å². The van der Waals surface area contributed by atoms with Gasteiger partial charge in [0.15, 0.2) is 0 Å². The first-order valence-corrected chi connectivity index (χ1v) is 11.4. The molecule has 0 heterocycles. The molecule has 0 unspecified atom stereocenters. The van der Waals surface area contributed by atoms with Crippen LogP contribution in [0.25, 0.3) is 0 Å². The number of benzene rings is 1. The predicted molar refractivity (Wildman–Crippen MR) is 65.3 cm³/mol. The van der Waals surface area contributed by atoms with Gasteiger partial charge in [0.2, 0.25) is 0 Å². The van der Waals surface area contributed by atoms with Gasteiger partial charge in [-0.3, -0.25) is 0 Å². The van der Waals surface area contributed by atoms with E-state index in [9.17, 15) is 0 Å². The summed E-state index contributed by atoms with van der Waals surface area (Å²) in [5, 5.41) is 8.63. The van der Waals surface area contributed by atoms with Crippen LogP contribution in [0.1, 0.15) is 20.8 Å². The van der Waals surface area contributed by atoms with Gasteiger partial charge in [-0.1, -0.05) is 18.2 Å². The number of hydrogen-bond donors (Lipinski definition) is 1. The first kappa shape index (κ1) is 13.8.